The van der Waals surface area contributed by atoms with Gasteiger partial charge in [-0.25, -0.2) is 8.42 Å². The highest BCUT2D eigenvalue weighted by molar-refractivity contribution is 7.92. The van der Waals surface area contributed by atoms with Gasteiger partial charge >= 0.3 is 0 Å². The highest BCUT2D eigenvalue weighted by Gasteiger charge is 2.33. The molecule has 3 aromatic rings. The first kappa shape index (κ1) is 29.8. The zero-order valence-electron chi connectivity index (χ0n) is 21.1. The van der Waals surface area contributed by atoms with Crippen molar-refractivity contribution in [3.8, 4) is 0 Å². The van der Waals surface area contributed by atoms with Gasteiger partial charge in [0.05, 0.1) is 15.6 Å². The highest BCUT2D eigenvalue weighted by Crippen LogP contribution is 2.33. The number of benzene rings is 3. The van der Waals surface area contributed by atoms with Gasteiger partial charge in [0, 0.05) is 23.1 Å². The summed E-state index contributed by atoms with van der Waals surface area (Å²) in [6.45, 7) is 4.96. The molecular formula is C27H28Cl3N3O4S. The zero-order chi connectivity index (χ0) is 28.0. The molecule has 0 fully saturated rings. The summed E-state index contributed by atoms with van der Waals surface area (Å²) in [4.78, 5) is 27.9. The Hall–Kier alpha value is -2.78. The van der Waals surface area contributed by atoms with Crippen LogP contribution in [0.2, 0.25) is 15.1 Å². The van der Waals surface area contributed by atoms with Crippen molar-refractivity contribution in [3.63, 3.8) is 0 Å². The van der Waals surface area contributed by atoms with E-state index >= 15 is 0 Å². The van der Waals surface area contributed by atoms with Crippen molar-refractivity contribution in [1.29, 1.82) is 0 Å². The molecule has 0 aliphatic carbocycles. The largest absolute Gasteiger partial charge is 0.355 e. The Balaban J connectivity index is 2.08. The molecule has 11 heteroatoms. The molecule has 202 valence electrons. The minimum atomic E-state index is -4.25. The van der Waals surface area contributed by atoms with Crippen LogP contribution in [0.3, 0.4) is 0 Å². The fourth-order valence-electron chi connectivity index (χ4n) is 3.76. The van der Waals surface area contributed by atoms with Crippen molar-refractivity contribution >= 4 is 62.3 Å². The summed E-state index contributed by atoms with van der Waals surface area (Å²) >= 11 is 18.7. The van der Waals surface area contributed by atoms with E-state index in [1.165, 1.54) is 35.2 Å². The van der Waals surface area contributed by atoms with Crippen LogP contribution in [0, 0.1) is 6.92 Å². The molecule has 3 rings (SSSR count). The minimum Gasteiger partial charge on any atom is -0.355 e. The van der Waals surface area contributed by atoms with E-state index in [0.29, 0.717) is 17.1 Å². The summed E-state index contributed by atoms with van der Waals surface area (Å²) in [6.07, 6.45) is 0. The maximum Gasteiger partial charge on any atom is 0.264 e. The van der Waals surface area contributed by atoms with E-state index in [9.17, 15) is 18.0 Å². The topological polar surface area (TPSA) is 86.8 Å². The van der Waals surface area contributed by atoms with Crippen molar-refractivity contribution in [2.75, 3.05) is 17.4 Å². The van der Waals surface area contributed by atoms with E-state index < -0.39 is 28.5 Å². The summed E-state index contributed by atoms with van der Waals surface area (Å²) in [5.41, 5.74) is 1.59. The van der Waals surface area contributed by atoms with Gasteiger partial charge in [-0.15, -0.1) is 0 Å². The Morgan fingerprint density at radius 1 is 0.947 bits per heavy atom. The summed E-state index contributed by atoms with van der Waals surface area (Å²) in [5, 5.41) is 3.52. The number of amides is 2. The fraction of sp³-hybridized carbons (Fsp3) is 0.259. The second kappa shape index (κ2) is 12.8. The van der Waals surface area contributed by atoms with Crippen LogP contribution in [0.1, 0.15) is 25.0 Å². The zero-order valence-corrected chi connectivity index (χ0v) is 24.2. The number of hydrogen-bond donors (Lipinski definition) is 1. The second-order valence-electron chi connectivity index (χ2n) is 8.64. The number of sulfonamides is 1. The summed E-state index contributed by atoms with van der Waals surface area (Å²) in [6, 6.07) is 16.6. The lowest BCUT2D eigenvalue weighted by molar-refractivity contribution is -0.139. The molecule has 0 saturated carbocycles. The van der Waals surface area contributed by atoms with E-state index in [0.717, 1.165) is 9.87 Å². The van der Waals surface area contributed by atoms with Crippen molar-refractivity contribution in [2.45, 2.75) is 38.3 Å². The molecule has 1 unspecified atom stereocenters. The van der Waals surface area contributed by atoms with Gasteiger partial charge in [-0.1, -0.05) is 64.6 Å². The standard InChI is InChI=1S/C27H28Cl3N3O4S/c1-4-31-27(35)19(3)32(16-20-6-5-7-21(28)14-20)26(34)17-33(25-15-22(29)10-13-24(25)30)38(36,37)23-11-8-18(2)9-12-23/h5-15,19H,4,16-17H2,1-3H3,(H,31,35). The highest BCUT2D eigenvalue weighted by atomic mass is 35.5. The number of anilines is 1. The first-order valence-corrected chi connectivity index (χ1v) is 14.4. The van der Waals surface area contributed by atoms with Crippen LogP contribution in [0.4, 0.5) is 5.69 Å². The van der Waals surface area contributed by atoms with Crippen molar-refractivity contribution < 1.29 is 18.0 Å². The number of carbonyl (C=O) groups is 2. The summed E-state index contributed by atoms with van der Waals surface area (Å²) < 4.78 is 28.6. The molecule has 2 amide bonds. The molecule has 0 aliphatic rings. The van der Waals surface area contributed by atoms with Crippen LogP contribution in [0.25, 0.3) is 0 Å². The van der Waals surface area contributed by atoms with E-state index in [4.69, 9.17) is 34.8 Å². The lowest BCUT2D eigenvalue weighted by atomic mass is 10.1. The van der Waals surface area contributed by atoms with Crippen molar-refractivity contribution in [2.24, 2.45) is 0 Å². The molecule has 0 heterocycles. The third kappa shape index (κ3) is 7.20. The molecule has 0 spiro atoms. The van der Waals surface area contributed by atoms with Crippen LogP contribution in [0.15, 0.2) is 71.6 Å². The average Bonchev–Trinajstić information content (AvgIpc) is 2.87. The van der Waals surface area contributed by atoms with Crippen LogP contribution < -0.4 is 9.62 Å². The SMILES string of the molecule is CCNC(=O)C(C)N(Cc1cccc(Cl)c1)C(=O)CN(c1cc(Cl)ccc1Cl)S(=O)(=O)c1ccc(C)cc1. The number of carbonyl (C=O) groups excluding carboxylic acids is 2. The van der Waals surface area contributed by atoms with Crippen LogP contribution in [-0.4, -0.2) is 44.3 Å². The van der Waals surface area contributed by atoms with Gasteiger partial charge in [-0.05, 0) is 68.8 Å². The Morgan fingerprint density at radius 2 is 1.61 bits per heavy atom. The molecule has 0 saturated heterocycles. The van der Waals surface area contributed by atoms with Gasteiger partial charge in [0.1, 0.15) is 12.6 Å². The minimum absolute atomic E-state index is 0.0230. The van der Waals surface area contributed by atoms with Crippen LogP contribution >= 0.6 is 34.8 Å². The monoisotopic (exact) mass is 595 g/mol. The molecule has 1 atom stereocenters. The first-order valence-electron chi connectivity index (χ1n) is 11.8. The number of hydrogen-bond acceptors (Lipinski definition) is 4. The predicted octanol–water partition coefficient (Wildman–Crippen LogP) is 5.70. The second-order valence-corrected chi connectivity index (χ2v) is 11.8. The van der Waals surface area contributed by atoms with Crippen molar-refractivity contribution in [3.05, 3.63) is 92.9 Å². The molecule has 38 heavy (non-hydrogen) atoms. The van der Waals surface area contributed by atoms with E-state index in [2.05, 4.69) is 5.32 Å². The van der Waals surface area contributed by atoms with Gasteiger partial charge in [0.15, 0.2) is 0 Å². The molecule has 7 nitrogen and oxygen atoms in total. The maximum atomic E-state index is 13.8. The third-order valence-corrected chi connectivity index (χ3v) is 8.39. The first-order chi connectivity index (χ1) is 17.9. The van der Waals surface area contributed by atoms with Gasteiger partial charge in [0.2, 0.25) is 11.8 Å². The predicted molar refractivity (Wildman–Crippen MR) is 152 cm³/mol. The molecule has 1 N–H and O–H groups in total. The quantitative estimate of drug-likeness (QED) is 0.325. The summed E-state index contributed by atoms with van der Waals surface area (Å²) in [5.74, 6) is -0.993. The summed E-state index contributed by atoms with van der Waals surface area (Å²) in [7, 11) is -4.25. The van der Waals surface area contributed by atoms with Gasteiger partial charge in [-0.3, -0.25) is 13.9 Å². The molecule has 3 aromatic carbocycles. The maximum absolute atomic E-state index is 13.8. The number of nitrogens with zero attached hydrogens (tertiary/aromatic N) is 2. The Morgan fingerprint density at radius 3 is 2.24 bits per heavy atom. The third-order valence-electron chi connectivity index (χ3n) is 5.82. The lowest BCUT2D eigenvalue weighted by Gasteiger charge is -2.32. The van der Waals surface area contributed by atoms with Crippen LogP contribution in [-0.2, 0) is 26.2 Å². The number of halogens is 3. The van der Waals surface area contributed by atoms with Gasteiger partial charge in [-0.2, -0.15) is 0 Å². The molecule has 0 aliphatic heterocycles. The lowest BCUT2D eigenvalue weighted by Crippen LogP contribution is -2.51. The number of nitrogens with one attached hydrogen (secondary N) is 1. The van der Waals surface area contributed by atoms with E-state index in [1.54, 1.807) is 50.2 Å². The molecule has 0 bridgehead atoms. The number of likely N-dealkylation sites (N-methyl/N-ethyl adjacent to an activating group) is 1. The number of rotatable bonds is 10. The van der Waals surface area contributed by atoms with Crippen LogP contribution in [0.5, 0.6) is 0 Å². The average molecular weight is 597 g/mol. The number of aryl methyl sites for hydroxylation is 1. The molecular weight excluding hydrogens is 569 g/mol. The molecule has 0 aromatic heterocycles. The van der Waals surface area contributed by atoms with E-state index in [1.807, 2.05) is 6.92 Å². The fourth-order valence-corrected chi connectivity index (χ4v) is 5.84. The Kier molecular flexibility index (Phi) is 10.1. The van der Waals surface area contributed by atoms with Gasteiger partial charge in [0.25, 0.3) is 10.0 Å². The van der Waals surface area contributed by atoms with Gasteiger partial charge < -0.3 is 10.2 Å². The Bertz CT molecular complexity index is 1420. The smallest absolute Gasteiger partial charge is 0.264 e. The normalized spacial score (nSPS) is 12.1. The molecule has 0 radical (unpaired) electrons. The Labute approximate surface area is 238 Å². The van der Waals surface area contributed by atoms with E-state index in [-0.39, 0.29) is 33.1 Å². The van der Waals surface area contributed by atoms with Crippen molar-refractivity contribution in [1.82, 2.24) is 10.2 Å².